The summed E-state index contributed by atoms with van der Waals surface area (Å²) in [5, 5.41) is 6.35. The van der Waals surface area contributed by atoms with Gasteiger partial charge in [0.1, 0.15) is 0 Å². The van der Waals surface area contributed by atoms with Crippen molar-refractivity contribution in [3.63, 3.8) is 0 Å². The third-order valence-electron chi connectivity index (χ3n) is 5.66. The lowest BCUT2D eigenvalue weighted by Gasteiger charge is -2.26. The number of hydrogen-bond donors (Lipinski definition) is 1. The van der Waals surface area contributed by atoms with Crippen LogP contribution in [0.25, 0.3) is 10.8 Å². The van der Waals surface area contributed by atoms with E-state index in [0.29, 0.717) is 0 Å². The second-order valence-corrected chi connectivity index (χ2v) is 8.22. The monoisotopic (exact) mass is 395 g/mol. The van der Waals surface area contributed by atoms with Gasteiger partial charge in [0.2, 0.25) is 0 Å². The van der Waals surface area contributed by atoms with Crippen molar-refractivity contribution < 1.29 is 0 Å². The van der Waals surface area contributed by atoms with Crippen LogP contribution in [0.5, 0.6) is 0 Å². The highest BCUT2D eigenvalue weighted by Gasteiger charge is 2.21. The second kappa shape index (κ2) is 8.19. The average Bonchev–Trinajstić information content (AvgIpc) is 2.73. The van der Waals surface area contributed by atoms with Crippen LogP contribution in [0, 0.1) is 20.8 Å². The molecule has 4 aromatic rings. The van der Waals surface area contributed by atoms with Crippen molar-refractivity contribution in [1.82, 2.24) is 4.98 Å². The molecule has 30 heavy (non-hydrogen) atoms. The van der Waals surface area contributed by atoms with E-state index in [1.165, 1.54) is 44.4 Å². The molecule has 1 heterocycles. The van der Waals surface area contributed by atoms with E-state index >= 15 is 0 Å². The summed E-state index contributed by atoms with van der Waals surface area (Å²) in [6, 6.07) is 23.6. The molecule has 4 rings (SSSR count). The minimum atomic E-state index is -0.0592. The van der Waals surface area contributed by atoms with Gasteiger partial charge in [-0.25, -0.2) is 0 Å². The van der Waals surface area contributed by atoms with Crippen LogP contribution in [0.3, 0.4) is 0 Å². The van der Waals surface area contributed by atoms with E-state index < -0.39 is 0 Å². The third kappa shape index (κ3) is 3.76. The fourth-order valence-electron chi connectivity index (χ4n) is 4.37. The van der Waals surface area contributed by atoms with Crippen molar-refractivity contribution in [2.24, 2.45) is 0 Å². The van der Waals surface area contributed by atoms with Gasteiger partial charge >= 0.3 is 0 Å². The van der Waals surface area contributed by atoms with Crippen LogP contribution in [0.2, 0.25) is 0 Å². The number of fused-ring (bicyclic) bond motifs is 1. The van der Waals surface area contributed by atoms with Crippen molar-refractivity contribution >= 4 is 22.1 Å². The Morgan fingerprint density at radius 1 is 0.833 bits per heavy atom. The Kier molecular flexibility index (Phi) is 5.45. The summed E-state index contributed by atoms with van der Waals surface area (Å²) in [4.78, 5) is 6.92. The summed E-state index contributed by atoms with van der Waals surface area (Å²) >= 11 is 0. The molecule has 3 heteroatoms. The van der Waals surface area contributed by atoms with Crippen molar-refractivity contribution in [2.75, 3.05) is 24.3 Å². The molecule has 152 valence electrons. The summed E-state index contributed by atoms with van der Waals surface area (Å²) < 4.78 is 0. The van der Waals surface area contributed by atoms with Gasteiger partial charge in [-0.2, -0.15) is 0 Å². The van der Waals surface area contributed by atoms with Gasteiger partial charge in [-0.3, -0.25) is 4.98 Å². The van der Waals surface area contributed by atoms with E-state index in [-0.39, 0.29) is 6.04 Å². The Hall–Kier alpha value is -3.33. The van der Waals surface area contributed by atoms with E-state index in [2.05, 4.69) is 106 Å². The maximum atomic E-state index is 4.73. The molecule has 0 bridgehead atoms. The van der Waals surface area contributed by atoms with E-state index in [9.17, 15) is 0 Å². The van der Waals surface area contributed by atoms with Crippen molar-refractivity contribution in [2.45, 2.75) is 26.8 Å². The maximum Gasteiger partial charge on any atom is 0.0946 e. The molecule has 0 aliphatic heterocycles. The molecule has 0 aliphatic carbocycles. The molecule has 0 saturated heterocycles. The molecule has 1 aromatic heterocycles. The number of benzene rings is 3. The largest absolute Gasteiger partial charge is 0.377 e. The van der Waals surface area contributed by atoms with Gasteiger partial charge in [-0.15, -0.1) is 0 Å². The molecule has 0 spiro atoms. The highest BCUT2D eigenvalue weighted by atomic mass is 15.1. The van der Waals surface area contributed by atoms with Crippen molar-refractivity contribution in [1.29, 1.82) is 0 Å². The normalized spacial score (nSPS) is 12.0. The standard InChI is InChI=1S/C27H29N3/c1-18-16-19(2)26(20(3)17-18)29-27(23-13-6-7-15-28-23)22-12-8-10-21-11-9-14-24(25(21)22)30(4)5/h6-17,27,29H,1-5H3. The van der Waals surface area contributed by atoms with Crippen LogP contribution in [-0.2, 0) is 0 Å². The molecule has 1 N–H and O–H groups in total. The molecule has 3 aromatic carbocycles. The lowest BCUT2D eigenvalue weighted by atomic mass is 9.93. The number of hydrogen-bond acceptors (Lipinski definition) is 3. The first-order valence-corrected chi connectivity index (χ1v) is 10.4. The quantitative estimate of drug-likeness (QED) is 0.422. The van der Waals surface area contributed by atoms with Gasteiger partial charge in [0.25, 0.3) is 0 Å². The lowest BCUT2D eigenvalue weighted by Crippen LogP contribution is -2.17. The lowest BCUT2D eigenvalue weighted by molar-refractivity contribution is 0.890. The summed E-state index contributed by atoms with van der Waals surface area (Å²) in [6.45, 7) is 6.49. The molecule has 0 fully saturated rings. The van der Waals surface area contributed by atoms with Crippen LogP contribution in [0.1, 0.15) is 34.0 Å². The molecule has 1 unspecified atom stereocenters. The molecule has 1 atom stereocenters. The average molecular weight is 396 g/mol. The van der Waals surface area contributed by atoms with Crippen molar-refractivity contribution in [3.8, 4) is 0 Å². The van der Waals surface area contributed by atoms with Crippen LogP contribution in [0.4, 0.5) is 11.4 Å². The molecule has 0 aliphatic rings. The summed E-state index contributed by atoms with van der Waals surface area (Å²) in [5.41, 5.74) is 8.42. The Morgan fingerprint density at radius 2 is 1.53 bits per heavy atom. The number of nitrogens with one attached hydrogen (secondary N) is 1. The summed E-state index contributed by atoms with van der Waals surface area (Å²) in [7, 11) is 4.20. The fraction of sp³-hybridized carbons (Fsp3) is 0.222. The Morgan fingerprint density at radius 3 is 2.17 bits per heavy atom. The highest BCUT2D eigenvalue weighted by Crippen LogP contribution is 2.37. The number of aryl methyl sites for hydroxylation is 3. The topological polar surface area (TPSA) is 28.2 Å². The van der Waals surface area contributed by atoms with E-state index in [4.69, 9.17) is 4.98 Å². The smallest absolute Gasteiger partial charge is 0.0946 e. The molecular formula is C27H29N3. The molecule has 0 radical (unpaired) electrons. The second-order valence-electron chi connectivity index (χ2n) is 8.22. The number of nitrogens with zero attached hydrogens (tertiary/aromatic N) is 2. The molecule has 3 nitrogen and oxygen atoms in total. The van der Waals surface area contributed by atoms with Gasteiger partial charge in [0, 0.05) is 37.1 Å². The molecule has 0 saturated carbocycles. The van der Waals surface area contributed by atoms with Crippen LogP contribution < -0.4 is 10.2 Å². The minimum Gasteiger partial charge on any atom is -0.377 e. The van der Waals surface area contributed by atoms with Crippen LogP contribution in [0.15, 0.2) is 72.9 Å². The number of pyridine rings is 1. The number of rotatable bonds is 5. The van der Waals surface area contributed by atoms with E-state index in [1.54, 1.807) is 0 Å². The SMILES string of the molecule is Cc1cc(C)c(NC(c2ccccn2)c2cccc3cccc(N(C)C)c23)c(C)c1. The van der Waals surface area contributed by atoms with Gasteiger partial charge in [-0.1, -0.05) is 54.1 Å². The summed E-state index contributed by atoms with van der Waals surface area (Å²) in [6.07, 6.45) is 1.87. The van der Waals surface area contributed by atoms with Gasteiger partial charge in [0.05, 0.1) is 11.7 Å². The number of anilines is 2. The predicted octanol–water partition coefficient (Wildman–Crippen LogP) is 6.43. The Balaban J connectivity index is 1.95. The van der Waals surface area contributed by atoms with Crippen molar-refractivity contribution in [3.05, 3.63) is 101 Å². The highest BCUT2D eigenvalue weighted by molar-refractivity contribution is 5.97. The number of aromatic nitrogens is 1. The third-order valence-corrected chi connectivity index (χ3v) is 5.66. The zero-order chi connectivity index (χ0) is 21.3. The first-order valence-electron chi connectivity index (χ1n) is 10.4. The zero-order valence-electron chi connectivity index (χ0n) is 18.4. The van der Waals surface area contributed by atoms with Crippen LogP contribution >= 0.6 is 0 Å². The first kappa shape index (κ1) is 20.0. The fourth-order valence-corrected chi connectivity index (χ4v) is 4.37. The van der Waals surface area contributed by atoms with E-state index in [1.807, 2.05) is 12.3 Å². The Bertz CT molecular complexity index is 1150. The van der Waals surface area contributed by atoms with E-state index in [0.717, 1.165) is 5.69 Å². The van der Waals surface area contributed by atoms with Gasteiger partial charge in [-0.05, 0) is 61.0 Å². The summed E-state index contributed by atoms with van der Waals surface area (Å²) in [5.74, 6) is 0. The predicted molar refractivity (Wildman–Crippen MR) is 129 cm³/mol. The minimum absolute atomic E-state index is 0.0592. The maximum absolute atomic E-state index is 4.73. The zero-order valence-corrected chi connectivity index (χ0v) is 18.4. The van der Waals surface area contributed by atoms with Gasteiger partial charge in [0.15, 0.2) is 0 Å². The van der Waals surface area contributed by atoms with Crippen LogP contribution in [-0.4, -0.2) is 19.1 Å². The van der Waals surface area contributed by atoms with Gasteiger partial charge < -0.3 is 10.2 Å². The Labute approximate surface area is 179 Å². The molecule has 0 amide bonds. The molecular weight excluding hydrogens is 366 g/mol. The first-order chi connectivity index (χ1) is 14.5.